The van der Waals surface area contributed by atoms with Crippen LogP contribution in [0.2, 0.25) is 0 Å². The summed E-state index contributed by atoms with van der Waals surface area (Å²) in [4.78, 5) is 17.8. The summed E-state index contributed by atoms with van der Waals surface area (Å²) in [6.45, 7) is -1.67. The first kappa shape index (κ1) is 15.4. The van der Waals surface area contributed by atoms with Crippen LogP contribution < -0.4 is 10.2 Å². The molecule has 0 radical (unpaired) electrons. The predicted molar refractivity (Wildman–Crippen MR) is 70.0 cm³/mol. The molecule has 1 amide bonds. The van der Waals surface area contributed by atoms with Crippen molar-refractivity contribution in [3.8, 4) is 0 Å². The van der Waals surface area contributed by atoms with Crippen LogP contribution in [0.1, 0.15) is 10.4 Å². The van der Waals surface area contributed by atoms with E-state index in [0.717, 1.165) is 0 Å². The van der Waals surface area contributed by atoms with E-state index in [0.29, 0.717) is 11.4 Å². The van der Waals surface area contributed by atoms with E-state index < -0.39 is 31.3 Å². The highest BCUT2D eigenvalue weighted by Gasteiger charge is 2.30. The zero-order valence-electron chi connectivity index (χ0n) is 11.0. The van der Waals surface area contributed by atoms with E-state index in [1.54, 1.807) is 25.1 Å². The maximum Gasteiger partial charge on any atom is 0.252 e. The lowest BCUT2D eigenvalue weighted by Gasteiger charge is -2.28. The van der Waals surface area contributed by atoms with Crippen molar-refractivity contribution in [3.05, 3.63) is 23.9 Å². The largest absolute Gasteiger partial charge is 0.394 e. The molecule has 0 aliphatic heterocycles. The van der Waals surface area contributed by atoms with Crippen molar-refractivity contribution < 1.29 is 20.1 Å². The third-order valence-corrected chi connectivity index (χ3v) is 2.75. The zero-order valence-corrected chi connectivity index (χ0v) is 11.0. The van der Waals surface area contributed by atoms with Gasteiger partial charge in [-0.15, -0.1) is 0 Å². The van der Waals surface area contributed by atoms with Crippen molar-refractivity contribution in [1.82, 2.24) is 10.3 Å². The Morgan fingerprint density at radius 2 is 1.89 bits per heavy atom. The maximum atomic E-state index is 12.0. The summed E-state index contributed by atoms with van der Waals surface area (Å²) >= 11 is 0. The number of carbonyl (C=O) groups excluding carboxylic acids is 1. The summed E-state index contributed by atoms with van der Waals surface area (Å²) in [5.74, 6) is 0.109. The fourth-order valence-corrected chi connectivity index (χ4v) is 1.39. The second kappa shape index (κ2) is 6.46. The summed E-state index contributed by atoms with van der Waals surface area (Å²) in [6, 6.07) is 3.09. The number of nitrogens with zero attached hydrogens (tertiary/aromatic N) is 2. The van der Waals surface area contributed by atoms with Gasteiger partial charge in [-0.2, -0.15) is 0 Å². The van der Waals surface area contributed by atoms with Crippen molar-refractivity contribution in [2.75, 3.05) is 38.8 Å². The van der Waals surface area contributed by atoms with Gasteiger partial charge in [0.25, 0.3) is 5.91 Å². The van der Waals surface area contributed by atoms with Gasteiger partial charge in [-0.25, -0.2) is 4.98 Å². The van der Waals surface area contributed by atoms with Crippen molar-refractivity contribution in [1.29, 1.82) is 0 Å². The van der Waals surface area contributed by atoms with Crippen molar-refractivity contribution in [2.24, 2.45) is 0 Å². The molecule has 19 heavy (non-hydrogen) atoms. The number of nitrogens with one attached hydrogen (secondary N) is 1. The Morgan fingerprint density at radius 3 is 2.37 bits per heavy atom. The predicted octanol–water partition coefficient (Wildman–Crippen LogP) is -1.41. The van der Waals surface area contributed by atoms with Crippen LogP contribution in [0.25, 0.3) is 0 Å². The van der Waals surface area contributed by atoms with Crippen molar-refractivity contribution >= 4 is 11.7 Å². The molecule has 0 unspecified atom stereocenters. The molecule has 4 N–H and O–H groups in total. The molecular formula is C12H19N3O4. The summed E-state index contributed by atoms with van der Waals surface area (Å²) in [5, 5.41) is 29.9. The van der Waals surface area contributed by atoms with E-state index >= 15 is 0 Å². The normalized spacial score (nSPS) is 11.2. The quantitative estimate of drug-likeness (QED) is 0.506. The Bertz CT molecular complexity index is 424. The number of aliphatic hydroxyl groups is 3. The Balaban J connectivity index is 2.91. The van der Waals surface area contributed by atoms with Crippen LogP contribution in [0.5, 0.6) is 0 Å². The first-order valence-corrected chi connectivity index (χ1v) is 5.76. The maximum absolute atomic E-state index is 12.0. The Kier molecular flexibility index (Phi) is 5.22. The van der Waals surface area contributed by atoms with E-state index in [4.69, 9.17) is 15.3 Å². The van der Waals surface area contributed by atoms with E-state index in [-0.39, 0.29) is 0 Å². The molecule has 0 spiro atoms. The van der Waals surface area contributed by atoms with Gasteiger partial charge in [0.1, 0.15) is 11.4 Å². The molecule has 106 valence electrons. The lowest BCUT2D eigenvalue weighted by atomic mass is 10.0. The minimum Gasteiger partial charge on any atom is -0.394 e. The van der Waals surface area contributed by atoms with E-state index in [2.05, 4.69) is 10.3 Å². The molecule has 1 heterocycles. The second-order valence-corrected chi connectivity index (χ2v) is 4.51. The van der Waals surface area contributed by atoms with E-state index in [1.807, 2.05) is 0 Å². The average molecular weight is 269 g/mol. The molecule has 0 saturated heterocycles. The zero-order chi connectivity index (χ0) is 14.5. The Hall–Kier alpha value is -1.70. The number of hydrogen-bond acceptors (Lipinski definition) is 6. The SMILES string of the molecule is CN(C)c1cc(C(=O)NC(CO)(CO)CO)ccn1. The van der Waals surface area contributed by atoms with Crippen LogP contribution in [-0.4, -0.2) is 65.7 Å². The van der Waals surface area contributed by atoms with Crippen LogP contribution in [-0.2, 0) is 0 Å². The summed E-state index contributed by atoms with van der Waals surface area (Å²) in [6.07, 6.45) is 1.49. The number of anilines is 1. The van der Waals surface area contributed by atoms with Gasteiger partial charge in [-0.3, -0.25) is 4.79 Å². The number of aliphatic hydroxyl groups excluding tert-OH is 3. The molecule has 1 rings (SSSR count). The number of amides is 1. The van der Waals surface area contributed by atoms with E-state index in [1.165, 1.54) is 12.3 Å². The number of carbonyl (C=O) groups is 1. The topological polar surface area (TPSA) is 106 Å². The second-order valence-electron chi connectivity index (χ2n) is 4.51. The fraction of sp³-hybridized carbons (Fsp3) is 0.500. The van der Waals surface area contributed by atoms with Crippen LogP contribution >= 0.6 is 0 Å². The molecule has 0 atom stereocenters. The standard InChI is InChI=1S/C12H19N3O4/c1-15(2)10-5-9(3-4-13-10)11(19)14-12(6-16,7-17)8-18/h3-5,16-18H,6-8H2,1-2H3,(H,14,19). The fourth-order valence-electron chi connectivity index (χ4n) is 1.39. The molecule has 0 saturated carbocycles. The molecule has 1 aromatic heterocycles. The Morgan fingerprint density at radius 1 is 1.32 bits per heavy atom. The van der Waals surface area contributed by atoms with Crippen LogP contribution in [0.15, 0.2) is 18.3 Å². The minimum atomic E-state index is -1.43. The molecule has 0 aliphatic rings. The molecule has 0 fully saturated rings. The summed E-state index contributed by atoms with van der Waals surface area (Å²) in [5.41, 5.74) is -1.10. The third-order valence-electron chi connectivity index (χ3n) is 2.75. The van der Waals surface area contributed by atoms with Gasteiger partial charge in [-0.1, -0.05) is 0 Å². The number of pyridine rings is 1. The first-order valence-electron chi connectivity index (χ1n) is 5.76. The molecule has 7 nitrogen and oxygen atoms in total. The van der Waals surface area contributed by atoms with Gasteiger partial charge in [0.2, 0.25) is 0 Å². The molecular weight excluding hydrogens is 250 g/mol. The number of rotatable bonds is 6. The van der Waals surface area contributed by atoms with Gasteiger partial charge in [0.15, 0.2) is 0 Å². The highest BCUT2D eigenvalue weighted by Crippen LogP contribution is 2.11. The number of aromatic nitrogens is 1. The third kappa shape index (κ3) is 3.63. The molecule has 0 aliphatic carbocycles. The average Bonchev–Trinajstić information content (AvgIpc) is 2.45. The van der Waals surface area contributed by atoms with Crippen LogP contribution in [0, 0.1) is 0 Å². The first-order chi connectivity index (χ1) is 8.98. The summed E-state index contributed by atoms with van der Waals surface area (Å²) < 4.78 is 0. The monoisotopic (exact) mass is 269 g/mol. The molecule has 0 bridgehead atoms. The minimum absolute atomic E-state index is 0.332. The molecule has 0 aromatic carbocycles. The van der Waals surface area contributed by atoms with Crippen LogP contribution in [0.4, 0.5) is 5.82 Å². The van der Waals surface area contributed by atoms with Gasteiger partial charge < -0.3 is 25.5 Å². The highest BCUT2D eigenvalue weighted by molar-refractivity contribution is 5.95. The van der Waals surface area contributed by atoms with Gasteiger partial charge in [-0.05, 0) is 12.1 Å². The number of hydrogen-bond donors (Lipinski definition) is 4. The smallest absolute Gasteiger partial charge is 0.252 e. The van der Waals surface area contributed by atoms with E-state index in [9.17, 15) is 4.79 Å². The lowest BCUT2D eigenvalue weighted by Crippen LogP contribution is -2.57. The summed E-state index contributed by atoms with van der Waals surface area (Å²) in [7, 11) is 3.59. The van der Waals surface area contributed by atoms with Gasteiger partial charge >= 0.3 is 0 Å². The highest BCUT2D eigenvalue weighted by atomic mass is 16.3. The Labute approximate surface area is 111 Å². The molecule has 7 heteroatoms. The van der Waals surface area contributed by atoms with Crippen LogP contribution in [0.3, 0.4) is 0 Å². The van der Waals surface area contributed by atoms with Crippen molar-refractivity contribution in [3.63, 3.8) is 0 Å². The van der Waals surface area contributed by atoms with Gasteiger partial charge in [0.05, 0.1) is 19.8 Å². The van der Waals surface area contributed by atoms with Crippen molar-refractivity contribution in [2.45, 2.75) is 5.54 Å². The van der Waals surface area contributed by atoms with Gasteiger partial charge in [0, 0.05) is 25.9 Å². The lowest BCUT2D eigenvalue weighted by molar-refractivity contribution is 0.0375. The molecule has 1 aromatic rings.